The number of aryl methyl sites for hydroxylation is 1. The van der Waals surface area contributed by atoms with E-state index in [4.69, 9.17) is 9.47 Å². The fraction of sp³-hybridized carbons (Fsp3) is 0.412. The molecular formula is C17H21NO2S. The van der Waals surface area contributed by atoms with E-state index in [0.717, 1.165) is 24.3 Å². The lowest BCUT2D eigenvalue weighted by molar-refractivity contribution is 0.174. The summed E-state index contributed by atoms with van der Waals surface area (Å²) < 4.78 is 10.8. The minimum atomic E-state index is 0.342. The van der Waals surface area contributed by atoms with Gasteiger partial charge in [0.2, 0.25) is 6.79 Å². The van der Waals surface area contributed by atoms with E-state index < -0.39 is 0 Å². The Morgan fingerprint density at radius 2 is 2.05 bits per heavy atom. The van der Waals surface area contributed by atoms with Gasteiger partial charge in [0, 0.05) is 17.0 Å². The first-order valence-corrected chi connectivity index (χ1v) is 8.28. The summed E-state index contributed by atoms with van der Waals surface area (Å²) in [5.74, 6) is 1.73. The van der Waals surface area contributed by atoms with Gasteiger partial charge in [-0.15, -0.1) is 11.3 Å². The normalized spacial score (nSPS) is 15.9. The maximum Gasteiger partial charge on any atom is 0.231 e. The molecule has 0 fully saturated rings. The van der Waals surface area contributed by atoms with E-state index in [0.29, 0.717) is 18.9 Å². The molecule has 0 aliphatic carbocycles. The number of hydrogen-bond acceptors (Lipinski definition) is 4. The number of thiophene rings is 1. The molecule has 2 aromatic rings. The first-order valence-electron chi connectivity index (χ1n) is 7.40. The summed E-state index contributed by atoms with van der Waals surface area (Å²) in [6.45, 7) is 4.81. The molecule has 1 unspecified atom stereocenters. The highest BCUT2D eigenvalue weighted by molar-refractivity contribution is 7.10. The highest BCUT2D eigenvalue weighted by Gasteiger charge is 2.14. The van der Waals surface area contributed by atoms with Crippen molar-refractivity contribution in [3.63, 3.8) is 0 Å². The Morgan fingerprint density at radius 3 is 2.86 bits per heavy atom. The van der Waals surface area contributed by atoms with Crippen LogP contribution < -0.4 is 14.8 Å². The Hall–Kier alpha value is -1.52. The van der Waals surface area contributed by atoms with E-state index >= 15 is 0 Å². The molecule has 0 amide bonds. The van der Waals surface area contributed by atoms with Gasteiger partial charge in [0.1, 0.15) is 0 Å². The maximum atomic E-state index is 5.42. The largest absolute Gasteiger partial charge is 0.454 e. The zero-order valence-electron chi connectivity index (χ0n) is 12.5. The molecule has 21 heavy (non-hydrogen) atoms. The van der Waals surface area contributed by atoms with Crippen molar-refractivity contribution in [2.75, 3.05) is 6.79 Å². The molecular weight excluding hydrogens is 282 g/mol. The van der Waals surface area contributed by atoms with Crippen LogP contribution in [-0.4, -0.2) is 12.8 Å². The summed E-state index contributed by atoms with van der Waals surface area (Å²) in [5.41, 5.74) is 1.30. The topological polar surface area (TPSA) is 30.5 Å². The van der Waals surface area contributed by atoms with Gasteiger partial charge in [-0.3, -0.25) is 0 Å². The first kappa shape index (κ1) is 14.4. The highest BCUT2D eigenvalue weighted by Crippen LogP contribution is 2.32. The number of benzene rings is 1. The fourth-order valence-corrected chi connectivity index (χ4v) is 3.35. The van der Waals surface area contributed by atoms with Crippen molar-refractivity contribution in [3.8, 4) is 11.5 Å². The van der Waals surface area contributed by atoms with Crippen LogP contribution in [0.4, 0.5) is 0 Å². The van der Waals surface area contributed by atoms with Crippen LogP contribution in [0, 0.1) is 0 Å². The molecule has 112 valence electrons. The van der Waals surface area contributed by atoms with Gasteiger partial charge in [-0.2, -0.15) is 0 Å². The standard InChI is InChI=1S/C17H21NO2S/c1-12(18-13(2)17-4-3-9-21-17)5-6-14-7-8-15-16(10-14)20-11-19-15/h3-4,7-10,12-13,18H,5-6,11H2,1-2H3/t12?,13-/m0/s1. The van der Waals surface area contributed by atoms with Gasteiger partial charge in [0.05, 0.1) is 0 Å². The average molecular weight is 303 g/mol. The van der Waals surface area contributed by atoms with Gasteiger partial charge >= 0.3 is 0 Å². The monoisotopic (exact) mass is 303 g/mol. The van der Waals surface area contributed by atoms with Gasteiger partial charge < -0.3 is 14.8 Å². The van der Waals surface area contributed by atoms with E-state index in [-0.39, 0.29) is 0 Å². The molecule has 0 saturated heterocycles. The van der Waals surface area contributed by atoms with Crippen LogP contribution in [0.1, 0.15) is 36.8 Å². The van der Waals surface area contributed by atoms with Gasteiger partial charge in [-0.25, -0.2) is 0 Å². The summed E-state index contributed by atoms with van der Waals surface area (Å²) in [6.07, 6.45) is 2.15. The van der Waals surface area contributed by atoms with Crippen molar-refractivity contribution in [3.05, 3.63) is 46.2 Å². The summed E-state index contributed by atoms with van der Waals surface area (Å²) >= 11 is 1.81. The van der Waals surface area contributed by atoms with Crippen molar-refractivity contribution in [1.29, 1.82) is 0 Å². The lowest BCUT2D eigenvalue weighted by Gasteiger charge is -2.19. The van der Waals surface area contributed by atoms with Crippen molar-refractivity contribution in [2.24, 2.45) is 0 Å². The minimum Gasteiger partial charge on any atom is -0.454 e. The number of rotatable bonds is 6. The Bertz CT molecular complexity index is 582. The smallest absolute Gasteiger partial charge is 0.231 e. The molecule has 0 radical (unpaired) electrons. The Kier molecular flexibility index (Phi) is 4.46. The van der Waals surface area contributed by atoms with Crippen molar-refractivity contribution < 1.29 is 9.47 Å². The maximum absolute atomic E-state index is 5.42. The summed E-state index contributed by atoms with van der Waals surface area (Å²) in [4.78, 5) is 1.39. The molecule has 1 N–H and O–H groups in total. The van der Waals surface area contributed by atoms with E-state index in [1.54, 1.807) is 0 Å². The predicted octanol–water partition coefficient (Wildman–Crippen LogP) is 4.15. The third kappa shape index (κ3) is 3.57. The van der Waals surface area contributed by atoms with Crippen LogP contribution in [0.3, 0.4) is 0 Å². The van der Waals surface area contributed by atoms with Gasteiger partial charge in [0.15, 0.2) is 11.5 Å². The number of fused-ring (bicyclic) bond motifs is 1. The van der Waals surface area contributed by atoms with Gasteiger partial charge in [0.25, 0.3) is 0 Å². The third-order valence-corrected chi connectivity index (χ3v) is 4.86. The summed E-state index contributed by atoms with van der Waals surface area (Å²) in [5, 5.41) is 5.79. The van der Waals surface area contributed by atoms with Crippen LogP contribution in [0.2, 0.25) is 0 Å². The molecule has 1 aromatic heterocycles. The Morgan fingerprint density at radius 1 is 1.19 bits per heavy atom. The van der Waals surface area contributed by atoms with Gasteiger partial charge in [-0.05, 0) is 55.8 Å². The van der Waals surface area contributed by atoms with E-state index in [1.807, 2.05) is 17.4 Å². The average Bonchev–Trinajstić information content (AvgIpc) is 3.15. The molecule has 4 heteroatoms. The minimum absolute atomic E-state index is 0.342. The van der Waals surface area contributed by atoms with Crippen LogP contribution in [0.25, 0.3) is 0 Å². The van der Waals surface area contributed by atoms with Crippen LogP contribution in [0.15, 0.2) is 35.7 Å². The van der Waals surface area contributed by atoms with Crippen LogP contribution >= 0.6 is 11.3 Å². The van der Waals surface area contributed by atoms with E-state index in [2.05, 4.69) is 48.8 Å². The van der Waals surface area contributed by atoms with E-state index in [9.17, 15) is 0 Å². The van der Waals surface area contributed by atoms with E-state index in [1.165, 1.54) is 10.4 Å². The highest BCUT2D eigenvalue weighted by atomic mass is 32.1. The van der Waals surface area contributed by atoms with Crippen molar-refractivity contribution in [1.82, 2.24) is 5.32 Å². The number of nitrogens with one attached hydrogen (secondary N) is 1. The first-order chi connectivity index (χ1) is 10.2. The number of hydrogen-bond donors (Lipinski definition) is 1. The fourth-order valence-electron chi connectivity index (χ4n) is 2.61. The summed E-state index contributed by atoms with van der Waals surface area (Å²) in [6, 6.07) is 11.4. The lowest BCUT2D eigenvalue weighted by atomic mass is 10.0. The molecule has 3 rings (SSSR count). The molecule has 2 heterocycles. The molecule has 1 aliphatic heterocycles. The second-order valence-corrected chi connectivity index (χ2v) is 6.51. The molecule has 0 spiro atoms. The lowest BCUT2D eigenvalue weighted by Crippen LogP contribution is -2.28. The van der Waals surface area contributed by atoms with Crippen molar-refractivity contribution >= 4 is 11.3 Å². The molecule has 0 bridgehead atoms. The molecule has 1 aromatic carbocycles. The zero-order chi connectivity index (χ0) is 14.7. The summed E-state index contributed by atoms with van der Waals surface area (Å²) in [7, 11) is 0. The third-order valence-electron chi connectivity index (χ3n) is 3.81. The Balaban J connectivity index is 1.50. The van der Waals surface area contributed by atoms with Crippen LogP contribution in [-0.2, 0) is 6.42 Å². The second-order valence-electron chi connectivity index (χ2n) is 5.53. The molecule has 1 aliphatic rings. The molecule has 2 atom stereocenters. The number of ether oxygens (including phenoxy) is 2. The quantitative estimate of drug-likeness (QED) is 0.869. The molecule has 3 nitrogen and oxygen atoms in total. The molecule has 0 saturated carbocycles. The predicted molar refractivity (Wildman–Crippen MR) is 86.2 cm³/mol. The van der Waals surface area contributed by atoms with Crippen LogP contribution in [0.5, 0.6) is 11.5 Å². The van der Waals surface area contributed by atoms with Gasteiger partial charge in [-0.1, -0.05) is 12.1 Å². The van der Waals surface area contributed by atoms with Crippen molar-refractivity contribution in [2.45, 2.75) is 38.8 Å². The zero-order valence-corrected chi connectivity index (χ0v) is 13.3. The Labute approximate surface area is 129 Å². The SMILES string of the molecule is CC(CCc1ccc2c(c1)OCO2)N[C@@H](C)c1cccs1. The second kappa shape index (κ2) is 6.50.